The maximum Gasteiger partial charge on any atom is 0.118 e. The van der Waals surface area contributed by atoms with Crippen molar-refractivity contribution in [3.8, 4) is 5.75 Å². The molecular weight excluding hydrogens is 242 g/mol. The van der Waals surface area contributed by atoms with Crippen molar-refractivity contribution in [1.82, 2.24) is 5.32 Å². The number of nitrogens with one attached hydrogen (secondary N) is 1. The molecule has 1 heterocycles. The number of methoxy groups -OCH3 is 1. The first kappa shape index (κ1) is 14.3. The second-order valence-corrected chi connectivity index (χ2v) is 4.76. The van der Waals surface area contributed by atoms with Crippen molar-refractivity contribution in [2.45, 2.75) is 25.0 Å². The van der Waals surface area contributed by atoms with Crippen LogP contribution in [-0.2, 0) is 9.47 Å². The van der Waals surface area contributed by atoms with Gasteiger partial charge in [-0.1, -0.05) is 12.1 Å². The third-order valence-electron chi connectivity index (χ3n) is 3.53. The van der Waals surface area contributed by atoms with Gasteiger partial charge in [0.05, 0.1) is 25.9 Å². The molecule has 1 aliphatic rings. The molecule has 0 saturated carbocycles. The lowest BCUT2D eigenvalue weighted by atomic mass is 10.1. The molecule has 4 heteroatoms. The maximum atomic E-state index is 5.97. The van der Waals surface area contributed by atoms with Gasteiger partial charge in [0, 0.05) is 13.2 Å². The van der Waals surface area contributed by atoms with Crippen LogP contribution in [0.3, 0.4) is 0 Å². The van der Waals surface area contributed by atoms with Crippen LogP contribution in [0.25, 0.3) is 0 Å². The second kappa shape index (κ2) is 7.48. The molecule has 1 aliphatic heterocycles. The number of hydrogen-bond acceptors (Lipinski definition) is 4. The Morgan fingerprint density at radius 3 is 2.53 bits per heavy atom. The van der Waals surface area contributed by atoms with E-state index in [2.05, 4.69) is 17.4 Å². The van der Waals surface area contributed by atoms with Crippen molar-refractivity contribution in [2.24, 2.45) is 0 Å². The molecule has 1 N–H and O–H groups in total. The molecule has 0 spiro atoms. The number of benzene rings is 1. The van der Waals surface area contributed by atoms with Gasteiger partial charge < -0.3 is 19.5 Å². The SMILES string of the molecule is CNC(COC1CCOCC1)c1ccc(OC)cc1. The summed E-state index contributed by atoms with van der Waals surface area (Å²) in [6.07, 6.45) is 2.33. The molecule has 2 rings (SSSR count). The Morgan fingerprint density at radius 2 is 1.95 bits per heavy atom. The van der Waals surface area contributed by atoms with Crippen molar-refractivity contribution >= 4 is 0 Å². The first-order chi connectivity index (χ1) is 9.33. The highest BCUT2D eigenvalue weighted by Gasteiger charge is 2.17. The Morgan fingerprint density at radius 1 is 1.26 bits per heavy atom. The highest BCUT2D eigenvalue weighted by Crippen LogP contribution is 2.19. The molecule has 1 saturated heterocycles. The largest absolute Gasteiger partial charge is 0.497 e. The van der Waals surface area contributed by atoms with Crippen LogP contribution in [0.15, 0.2) is 24.3 Å². The van der Waals surface area contributed by atoms with Gasteiger partial charge in [0.2, 0.25) is 0 Å². The van der Waals surface area contributed by atoms with E-state index in [4.69, 9.17) is 14.2 Å². The van der Waals surface area contributed by atoms with Crippen LogP contribution < -0.4 is 10.1 Å². The predicted octanol–water partition coefficient (Wildman–Crippen LogP) is 2.15. The average molecular weight is 265 g/mol. The van der Waals surface area contributed by atoms with Crippen LogP contribution in [0, 0.1) is 0 Å². The summed E-state index contributed by atoms with van der Waals surface area (Å²) in [5.41, 5.74) is 1.22. The molecule has 1 atom stereocenters. The summed E-state index contributed by atoms with van der Waals surface area (Å²) in [5, 5.41) is 3.30. The Bertz CT molecular complexity index is 360. The van der Waals surface area contributed by atoms with Gasteiger partial charge in [-0.25, -0.2) is 0 Å². The van der Waals surface area contributed by atoms with E-state index in [0.29, 0.717) is 12.7 Å². The summed E-state index contributed by atoms with van der Waals surface area (Å²) in [7, 11) is 3.64. The van der Waals surface area contributed by atoms with Crippen molar-refractivity contribution < 1.29 is 14.2 Å². The molecular formula is C15H23NO3. The molecule has 1 unspecified atom stereocenters. The van der Waals surface area contributed by atoms with Crippen molar-refractivity contribution in [3.63, 3.8) is 0 Å². The molecule has 0 bridgehead atoms. The third-order valence-corrected chi connectivity index (χ3v) is 3.53. The normalized spacial score (nSPS) is 18.2. The molecule has 0 aliphatic carbocycles. The number of likely N-dealkylation sites (N-methyl/N-ethyl adjacent to an activating group) is 1. The lowest BCUT2D eigenvalue weighted by molar-refractivity contribution is -0.0378. The summed E-state index contributed by atoms with van der Waals surface area (Å²) in [4.78, 5) is 0. The standard InChI is InChI=1S/C15H23NO3/c1-16-15(11-19-14-7-9-18-10-8-14)12-3-5-13(17-2)6-4-12/h3-6,14-16H,7-11H2,1-2H3. The zero-order chi connectivity index (χ0) is 13.5. The fourth-order valence-electron chi connectivity index (χ4n) is 2.26. The van der Waals surface area contributed by atoms with E-state index in [1.54, 1.807) is 7.11 Å². The van der Waals surface area contributed by atoms with Crippen molar-refractivity contribution in [2.75, 3.05) is 34.0 Å². The minimum Gasteiger partial charge on any atom is -0.497 e. The van der Waals surface area contributed by atoms with Gasteiger partial charge in [-0.15, -0.1) is 0 Å². The van der Waals surface area contributed by atoms with Gasteiger partial charge in [-0.05, 0) is 37.6 Å². The third kappa shape index (κ3) is 4.20. The maximum absolute atomic E-state index is 5.97. The summed E-state index contributed by atoms with van der Waals surface area (Å²) in [5.74, 6) is 0.879. The van der Waals surface area contributed by atoms with E-state index in [9.17, 15) is 0 Å². The second-order valence-electron chi connectivity index (χ2n) is 4.76. The van der Waals surface area contributed by atoms with Crippen LogP contribution in [0.5, 0.6) is 5.75 Å². The number of ether oxygens (including phenoxy) is 3. The lowest BCUT2D eigenvalue weighted by Gasteiger charge is -2.25. The van der Waals surface area contributed by atoms with Gasteiger partial charge in [0.15, 0.2) is 0 Å². The topological polar surface area (TPSA) is 39.7 Å². The van der Waals surface area contributed by atoms with E-state index in [1.807, 2.05) is 19.2 Å². The van der Waals surface area contributed by atoms with Crippen molar-refractivity contribution in [3.05, 3.63) is 29.8 Å². The monoisotopic (exact) mass is 265 g/mol. The molecule has 1 fully saturated rings. The zero-order valence-corrected chi connectivity index (χ0v) is 11.7. The molecule has 19 heavy (non-hydrogen) atoms. The first-order valence-electron chi connectivity index (χ1n) is 6.84. The molecule has 1 aromatic rings. The van der Waals surface area contributed by atoms with Crippen LogP contribution in [0.2, 0.25) is 0 Å². The number of hydrogen-bond donors (Lipinski definition) is 1. The Kier molecular flexibility index (Phi) is 5.63. The average Bonchev–Trinajstić information content (AvgIpc) is 2.49. The summed E-state index contributed by atoms with van der Waals surface area (Å²) in [6.45, 7) is 2.32. The smallest absolute Gasteiger partial charge is 0.118 e. The molecule has 0 amide bonds. The zero-order valence-electron chi connectivity index (χ0n) is 11.7. The van der Waals surface area contributed by atoms with Gasteiger partial charge in [-0.2, -0.15) is 0 Å². The summed E-state index contributed by atoms with van der Waals surface area (Å²) in [6, 6.07) is 8.33. The van der Waals surface area contributed by atoms with E-state index in [-0.39, 0.29) is 6.04 Å². The van der Waals surface area contributed by atoms with Crippen molar-refractivity contribution in [1.29, 1.82) is 0 Å². The number of rotatable bonds is 6. The molecule has 1 aromatic carbocycles. The van der Waals surface area contributed by atoms with Crippen LogP contribution >= 0.6 is 0 Å². The van der Waals surface area contributed by atoms with Gasteiger partial charge in [0.25, 0.3) is 0 Å². The van der Waals surface area contributed by atoms with Crippen LogP contribution in [-0.4, -0.2) is 40.1 Å². The fraction of sp³-hybridized carbons (Fsp3) is 0.600. The highest BCUT2D eigenvalue weighted by atomic mass is 16.5. The Hall–Kier alpha value is -1.10. The van der Waals surface area contributed by atoms with E-state index >= 15 is 0 Å². The van der Waals surface area contributed by atoms with Crippen LogP contribution in [0.1, 0.15) is 24.4 Å². The Labute approximate surface area is 115 Å². The fourth-order valence-corrected chi connectivity index (χ4v) is 2.26. The highest BCUT2D eigenvalue weighted by molar-refractivity contribution is 5.29. The minimum atomic E-state index is 0.216. The minimum absolute atomic E-state index is 0.216. The first-order valence-corrected chi connectivity index (χ1v) is 6.84. The van der Waals surface area contributed by atoms with E-state index < -0.39 is 0 Å². The van der Waals surface area contributed by atoms with Crippen LogP contribution in [0.4, 0.5) is 0 Å². The van der Waals surface area contributed by atoms with E-state index in [1.165, 1.54) is 5.56 Å². The lowest BCUT2D eigenvalue weighted by Crippen LogP contribution is -2.28. The molecule has 4 nitrogen and oxygen atoms in total. The van der Waals surface area contributed by atoms with Gasteiger partial charge in [0.1, 0.15) is 5.75 Å². The Balaban J connectivity index is 1.87. The molecule has 106 valence electrons. The van der Waals surface area contributed by atoms with Gasteiger partial charge >= 0.3 is 0 Å². The van der Waals surface area contributed by atoms with Gasteiger partial charge in [-0.3, -0.25) is 0 Å². The predicted molar refractivity (Wildman–Crippen MR) is 74.6 cm³/mol. The molecule has 0 aromatic heterocycles. The summed E-state index contributed by atoms with van der Waals surface area (Å²) >= 11 is 0. The summed E-state index contributed by atoms with van der Waals surface area (Å²) < 4.78 is 16.5. The van der Waals surface area contributed by atoms with E-state index in [0.717, 1.165) is 31.8 Å². The quantitative estimate of drug-likeness (QED) is 0.855. The molecule has 0 radical (unpaired) electrons.